The summed E-state index contributed by atoms with van der Waals surface area (Å²) in [5.41, 5.74) is -0.314. The summed E-state index contributed by atoms with van der Waals surface area (Å²) in [6, 6.07) is 3.66. The Morgan fingerprint density at radius 2 is 1.90 bits per heavy atom. The van der Waals surface area contributed by atoms with Gasteiger partial charge in [0.15, 0.2) is 11.6 Å². The fraction of sp³-hybridized carbons (Fsp3) is 0.360. The highest BCUT2D eigenvalue weighted by atomic mass is 19.1. The zero-order valence-electron chi connectivity index (χ0n) is 22.0. The molecule has 0 spiro atoms. The van der Waals surface area contributed by atoms with Gasteiger partial charge in [0.1, 0.15) is 17.5 Å². The summed E-state index contributed by atoms with van der Waals surface area (Å²) in [7, 11) is 0. The first kappa shape index (κ1) is 29.0. The lowest BCUT2D eigenvalue weighted by Gasteiger charge is -2.16. The number of hydrogen-bond donors (Lipinski definition) is 4. The van der Waals surface area contributed by atoms with Crippen molar-refractivity contribution in [1.29, 1.82) is 0 Å². The highest BCUT2D eigenvalue weighted by Crippen LogP contribution is 2.28. The van der Waals surface area contributed by atoms with E-state index in [1.54, 1.807) is 29.8 Å². The number of ether oxygens (including phenoxy) is 2. The number of fused-ring (bicyclic) bond motifs is 1. The number of anilines is 2. The number of carbonyl (C=O) groups excluding carboxylic acids is 4. The molecule has 0 aliphatic carbocycles. The van der Waals surface area contributed by atoms with Gasteiger partial charge >= 0.3 is 12.2 Å². The van der Waals surface area contributed by atoms with Gasteiger partial charge in [-0.3, -0.25) is 18.9 Å². The average Bonchev–Trinajstić information content (AvgIpc) is 3.54. The van der Waals surface area contributed by atoms with Crippen molar-refractivity contribution >= 4 is 41.2 Å². The molecule has 4 amide bonds. The summed E-state index contributed by atoms with van der Waals surface area (Å²) in [5.74, 6) is -2.35. The predicted molar refractivity (Wildman–Crippen MR) is 140 cm³/mol. The van der Waals surface area contributed by atoms with Crippen LogP contribution in [-0.4, -0.2) is 83.8 Å². The molecule has 41 heavy (non-hydrogen) atoms. The molecule has 218 valence electrons. The van der Waals surface area contributed by atoms with Crippen LogP contribution in [0.4, 0.5) is 29.7 Å². The molecule has 1 aliphatic rings. The number of nitrogens with one attached hydrogen (secondary N) is 4. The van der Waals surface area contributed by atoms with Gasteiger partial charge in [-0.2, -0.15) is 0 Å². The number of nitrogens with zero attached hydrogens (tertiary/aromatic N) is 4. The fourth-order valence-electron chi connectivity index (χ4n) is 3.90. The summed E-state index contributed by atoms with van der Waals surface area (Å²) < 4.78 is 40.8. The molecule has 1 aromatic carbocycles. The standard InChI is InChI=1S/C25H28F2N8O6/c1-2-40-24(38)32-12-16-13-35(25(39)41-16)15-10-17(26)21(18(27)11-15)29-8-7-28-20(36)4-6-30-22(37)19-14-34-9-3-5-31-23(34)33-19/h3,5,9-11,14,16,29H,2,4,6-8,12-13H2,1H3,(H,28,36)(H,30,37)(H,32,38)/t16-/m0/s1. The first-order chi connectivity index (χ1) is 19.7. The summed E-state index contributed by atoms with van der Waals surface area (Å²) in [6.45, 7) is 1.89. The molecule has 0 unspecified atom stereocenters. The molecule has 0 radical (unpaired) electrons. The van der Waals surface area contributed by atoms with Gasteiger partial charge in [0.2, 0.25) is 11.7 Å². The van der Waals surface area contributed by atoms with Crippen LogP contribution < -0.4 is 26.2 Å². The third-order valence-electron chi connectivity index (χ3n) is 5.82. The number of halogens is 2. The highest BCUT2D eigenvalue weighted by molar-refractivity contribution is 5.93. The number of hydrogen-bond acceptors (Lipinski definition) is 9. The van der Waals surface area contributed by atoms with E-state index in [9.17, 15) is 28.0 Å². The van der Waals surface area contributed by atoms with Gasteiger partial charge in [0, 0.05) is 56.8 Å². The monoisotopic (exact) mass is 574 g/mol. The van der Waals surface area contributed by atoms with Crippen molar-refractivity contribution in [2.24, 2.45) is 0 Å². The van der Waals surface area contributed by atoms with E-state index >= 15 is 0 Å². The van der Waals surface area contributed by atoms with Crippen molar-refractivity contribution in [2.75, 3.05) is 49.5 Å². The smallest absolute Gasteiger partial charge is 0.414 e. The second kappa shape index (κ2) is 13.4. The molecule has 14 nitrogen and oxygen atoms in total. The number of alkyl carbamates (subject to hydrolysis) is 1. The van der Waals surface area contributed by atoms with Crippen LogP contribution in [0.25, 0.3) is 5.78 Å². The maximum absolute atomic E-state index is 14.7. The summed E-state index contributed by atoms with van der Waals surface area (Å²) >= 11 is 0. The number of carbonyl (C=O) groups is 4. The third-order valence-corrected chi connectivity index (χ3v) is 5.82. The van der Waals surface area contributed by atoms with Crippen LogP contribution in [0, 0.1) is 11.6 Å². The SMILES string of the molecule is CCOC(=O)NC[C@H]1CN(c2cc(F)c(NCCNC(=O)CCNC(=O)c3cn4cccnc4n3)c(F)c2)C(=O)O1. The van der Waals surface area contributed by atoms with Gasteiger partial charge in [-0.15, -0.1) is 0 Å². The summed E-state index contributed by atoms with van der Waals surface area (Å²) in [4.78, 5) is 57.1. The summed E-state index contributed by atoms with van der Waals surface area (Å²) in [5, 5.41) is 10.2. The number of amides is 4. The topological polar surface area (TPSA) is 168 Å². The zero-order chi connectivity index (χ0) is 29.4. The van der Waals surface area contributed by atoms with E-state index < -0.39 is 41.5 Å². The maximum atomic E-state index is 14.7. The van der Waals surface area contributed by atoms with Crippen LogP contribution in [0.2, 0.25) is 0 Å². The fourth-order valence-corrected chi connectivity index (χ4v) is 3.90. The number of rotatable bonds is 12. The quantitative estimate of drug-likeness (QED) is 0.234. The van der Waals surface area contributed by atoms with Gasteiger partial charge in [-0.25, -0.2) is 28.3 Å². The predicted octanol–water partition coefficient (Wildman–Crippen LogP) is 1.43. The number of imidazole rings is 1. The first-order valence-corrected chi connectivity index (χ1v) is 12.7. The maximum Gasteiger partial charge on any atom is 0.414 e. The average molecular weight is 575 g/mol. The normalized spacial score (nSPS) is 14.5. The lowest BCUT2D eigenvalue weighted by atomic mass is 10.2. The second-order valence-corrected chi connectivity index (χ2v) is 8.74. The first-order valence-electron chi connectivity index (χ1n) is 12.7. The molecule has 1 aliphatic heterocycles. The number of aromatic nitrogens is 3. The Balaban J connectivity index is 1.18. The minimum atomic E-state index is -0.947. The Kier molecular flexibility index (Phi) is 9.44. The van der Waals surface area contributed by atoms with Crippen LogP contribution in [0.15, 0.2) is 36.8 Å². The van der Waals surface area contributed by atoms with Gasteiger partial charge in [-0.05, 0) is 13.0 Å². The van der Waals surface area contributed by atoms with Gasteiger partial charge < -0.3 is 30.7 Å². The van der Waals surface area contributed by atoms with Crippen molar-refractivity contribution in [3.8, 4) is 0 Å². The molecule has 3 heterocycles. The number of benzene rings is 1. The molecular formula is C25H28F2N8O6. The molecule has 4 rings (SSSR count). The van der Waals surface area contributed by atoms with Gasteiger partial charge in [0.05, 0.1) is 25.4 Å². The highest BCUT2D eigenvalue weighted by Gasteiger charge is 2.33. The molecule has 1 saturated heterocycles. The van der Waals surface area contributed by atoms with Crippen molar-refractivity contribution in [1.82, 2.24) is 30.3 Å². The van der Waals surface area contributed by atoms with E-state index in [4.69, 9.17) is 9.47 Å². The van der Waals surface area contributed by atoms with Crippen molar-refractivity contribution in [3.63, 3.8) is 0 Å². The second-order valence-electron chi connectivity index (χ2n) is 8.74. The van der Waals surface area contributed by atoms with E-state index in [0.29, 0.717) is 5.78 Å². The Bertz CT molecular complexity index is 1380. The number of cyclic esters (lactones) is 1. The van der Waals surface area contributed by atoms with Crippen LogP contribution in [-0.2, 0) is 14.3 Å². The minimum absolute atomic E-state index is 0.00684. The van der Waals surface area contributed by atoms with Crippen LogP contribution in [0.1, 0.15) is 23.8 Å². The van der Waals surface area contributed by atoms with Crippen molar-refractivity contribution < 1.29 is 37.4 Å². The molecule has 4 N–H and O–H groups in total. The van der Waals surface area contributed by atoms with E-state index in [1.807, 2.05) is 0 Å². The van der Waals surface area contributed by atoms with Crippen molar-refractivity contribution in [2.45, 2.75) is 19.4 Å². The Hall–Kier alpha value is -5.02. The Labute approximate surface area is 232 Å². The van der Waals surface area contributed by atoms with Crippen molar-refractivity contribution in [3.05, 3.63) is 54.1 Å². The molecule has 3 aromatic rings. The zero-order valence-corrected chi connectivity index (χ0v) is 22.0. The largest absolute Gasteiger partial charge is 0.450 e. The molecule has 16 heteroatoms. The lowest BCUT2D eigenvalue weighted by Crippen LogP contribution is -2.35. The molecule has 1 atom stereocenters. The van der Waals surface area contributed by atoms with Gasteiger partial charge in [-0.1, -0.05) is 0 Å². The Morgan fingerprint density at radius 1 is 1.12 bits per heavy atom. The third kappa shape index (κ3) is 7.55. The summed E-state index contributed by atoms with van der Waals surface area (Å²) in [6.07, 6.45) is 2.55. The molecule has 0 bridgehead atoms. The lowest BCUT2D eigenvalue weighted by molar-refractivity contribution is -0.120. The molecular weight excluding hydrogens is 546 g/mol. The van der Waals surface area contributed by atoms with Gasteiger partial charge in [0.25, 0.3) is 5.91 Å². The van der Waals surface area contributed by atoms with Crippen LogP contribution >= 0.6 is 0 Å². The van der Waals surface area contributed by atoms with E-state index in [1.165, 1.54) is 6.20 Å². The van der Waals surface area contributed by atoms with E-state index in [0.717, 1.165) is 17.0 Å². The Morgan fingerprint density at radius 3 is 2.63 bits per heavy atom. The molecule has 1 fully saturated rings. The molecule has 0 saturated carbocycles. The van der Waals surface area contributed by atoms with E-state index in [2.05, 4.69) is 31.2 Å². The van der Waals surface area contributed by atoms with E-state index in [-0.39, 0.29) is 63.0 Å². The van der Waals surface area contributed by atoms with Crippen LogP contribution in [0.3, 0.4) is 0 Å². The molecule has 2 aromatic heterocycles. The minimum Gasteiger partial charge on any atom is -0.450 e. The van der Waals surface area contributed by atoms with Crippen LogP contribution in [0.5, 0.6) is 0 Å².